The molecule has 0 atom stereocenters. The lowest BCUT2D eigenvalue weighted by atomic mass is 10.1. The van der Waals surface area contributed by atoms with Gasteiger partial charge in [-0.25, -0.2) is 0 Å². The van der Waals surface area contributed by atoms with Crippen LogP contribution in [0.3, 0.4) is 0 Å². The lowest BCUT2D eigenvalue weighted by Crippen LogP contribution is -2.52. The third kappa shape index (κ3) is 3.05. The molecule has 1 heterocycles. The summed E-state index contributed by atoms with van der Waals surface area (Å²) in [4.78, 5) is 16.0. The van der Waals surface area contributed by atoms with Crippen LogP contribution in [0.2, 0.25) is 5.02 Å². The average Bonchev–Trinajstić information content (AvgIpc) is 3.27. The molecule has 2 fully saturated rings. The number of hydrogen-bond donors (Lipinski definition) is 0. The number of halogens is 1. The summed E-state index contributed by atoms with van der Waals surface area (Å²) in [5.74, 6) is 0. The number of benzene rings is 1. The van der Waals surface area contributed by atoms with Gasteiger partial charge in [0.2, 0.25) is 0 Å². The van der Waals surface area contributed by atoms with Crippen LogP contribution in [-0.4, -0.2) is 54.3 Å². The summed E-state index contributed by atoms with van der Waals surface area (Å²) in [5.41, 5.74) is 1.21. The number of hydrogen-bond acceptors (Lipinski definition) is 3. The van der Waals surface area contributed by atoms with Crippen LogP contribution in [0.1, 0.15) is 18.4 Å². The lowest BCUT2D eigenvalue weighted by Gasteiger charge is -2.37. The second-order valence-corrected chi connectivity index (χ2v) is 6.37. The van der Waals surface area contributed by atoms with Crippen LogP contribution in [-0.2, 0) is 11.2 Å². The molecular weight excluding hydrogens is 272 g/mol. The van der Waals surface area contributed by atoms with Crippen LogP contribution in [0.5, 0.6) is 0 Å². The van der Waals surface area contributed by atoms with Gasteiger partial charge in [-0.2, -0.15) is 0 Å². The summed E-state index contributed by atoms with van der Waals surface area (Å²) >= 11 is 6.01. The number of nitrogens with zero attached hydrogens (tertiary/aromatic N) is 2. The van der Waals surface area contributed by atoms with Crippen molar-refractivity contribution in [3.05, 3.63) is 34.9 Å². The Kier molecular flexibility index (Phi) is 4.11. The first-order valence-corrected chi connectivity index (χ1v) is 7.78. The summed E-state index contributed by atoms with van der Waals surface area (Å²) in [5, 5.41) is 0.814. The molecule has 20 heavy (non-hydrogen) atoms. The van der Waals surface area contributed by atoms with Gasteiger partial charge in [0.15, 0.2) is 0 Å². The molecule has 0 aromatic heterocycles. The maximum Gasteiger partial charge on any atom is 0.140 e. The zero-order chi connectivity index (χ0) is 14.0. The van der Waals surface area contributed by atoms with E-state index in [0.29, 0.717) is 0 Å². The molecule has 3 rings (SSSR count). The van der Waals surface area contributed by atoms with Gasteiger partial charge in [-0.15, -0.1) is 0 Å². The largest absolute Gasteiger partial charge is 0.301 e. The van der Waals surface area contributed by atoms with Crippen LogP contribution in [0.25, 0.3) is 0 Å². The fourth-order valence-electron chi connectivity index (χ4n) is 3.03. The molecular formula is C16H21ClN2O. The van der Waals surface area contributed by atoms with Crippen molar-refractivity contribution in [1.82, 2.24) is 9.80 Å². The van der Waals surface area contributed by atoms with Crippen molar-refractivity contribution in [3.8, 4) is 0 Å². The summed E-state index contributed by atoms with van der Waals surface area (Å²) < 4.78 is 0. The van der Waals surface area contributed by atoms with Crippen LogP contribution in [0.15, 0.2) is 24.3 Å². The molecule has 0 amide bonds. The van der Waals surface area contributed by atoms with E-state index in [9.17, 15) is 4.79 Å². The van der Waals surface area contributed by atoms with Gasteiger partial charge in [-0.05, 0) is 37.0 Å². The van der Waals surface area contributed by atoms with Gasteiger partial charge in [-0.1, -0.05) is 23.7 Å². The van der Waals surface area contributed by atoms with Crippen LogP contribution in [0.4, 0.5) is 0 Å². The summed E-state index contributed by atoms with van der Waals surface area (Å²) in [6, 6.07) is 8.10. The van der Waals surface area contributed by atoms with E-state index in [1.165, 1.54) is 5.56 Å². The number of rotatable bonds is 5. The van der Waals surface area contributed by atoms with Crippen molar-refractivity contribution in [2.75, 3.05) is 32.7 Å². The topological polar surface area (TPSA) is 23.6 Å². The van der Waals surface area contributed by atoms with Crippen molar-refractivity contribution in [1.29, 1.82) is 0 Å². The highest BCUT2D eigenvalue weighted by atomic mass is 35.5. The normalized spacial score (nSPS) is 22.6. The van der Waals surface area contributed by atoms with Gasteiger partial charge < -0.3 is 9.69 Å². The van der Waals surface area contributed by atoms with Gasteiger partial charge in [0.25, 0.3) is 0 Å². The minimum absolute atomic E-state index is 0.0843. The van der Waals surface area contributed by atoms with E-state index in [2.05, 4.69) is 15.9 Å². The molecule has 4 heteroatoms. The maximum absolute atomic E-state index is 11.1. The van der Waals surface area contributed by atoms with Gasteiger partial charge >= 0.3 is 0 Å². The fourth-order valence-corrected chi connectivity index (χ4v) is 3.25. The predicted molar refractivity (Wildman–Crippen MR) is 81.2 cm³/mol. The molecule has 108 valence electrons. The Bertz CT molecular complexity index is 479. The highest BCUT2D eigenvalue weighted by Crippen LogP contribution is 2.39. The number of aldehydes is 1. The molecule has 0 unspecified atom stereocenters. The van der Waals surface area contributed by atoms with Crippen molar-refractivity contribution in [2.45, 2.75) is 24.8 Å². The third-order valence-corrected chi connectivity index (χ3v) is 4.82. The number of carbonyl (C=O) groups is 1. The van der Waals surface area contributed by atoms with E-state index in [1.807, 2.05) is 18.2 Å². The molecule has 3 nitrogen and oxygen atoms in total. The Morgan fingerprint density at radius 3 is 2.55 bits per heavy atom. The highest BCUT2D eigenvalue weighted by Gasteiger charge is 2.48. The Labute approximate surface area is 125 Å². The lowest BCUT2D eigenvalue weighted by molar-refractivity contribution is -0.114. The van der Waals surface area contributed by atoms with Crippen LogP contribution in [0, 0.1) is 0 Å². The van der Waals surface area contributed by atoms with Gasteiger partial charge in [0.05, 0.1) is 5.54 Å². The monoisotopic (exact) mass is 292 g/mol. The predicted octanol–water partition coefficient (Wildman–Crippen LogP) is 2.23. The van der Waals surface area contributed by atoms with E-state index in [1.54, 1.807) is 0 Å². The Morgan fingerprint density at radius 1 is 1.20 bits per heavy atom. The molecule has 0 radical (unpaired) electrons. The minimum Gasteiger partial charge on any atom is -0.301 e. The third-order valence-electron chi connectivity index (χ3n) is 4.59. The van der Waals surface area contributed by atoms with E-state index in [-0.39, 0.29) is 5.54 Å². The number of carbonyl (C=O) groups excluding carboxylic acids is 1. The first-order chi connectivity index (χ1) is 9.72. The van der Waals surface area contributed by atoms with Crippen molar-refractivity contribution >= 4 is 17.9 Å². The smallest absolute Gasteiger partial charge is 0.140 e. The highest BCUT2D eigenvalue weighted by molar-refractivity contribution is 6.30. The Hall–Kier alpha value is -0.900. The van der Waals surface area contributed by atoms with Crippen molar-refractivity contribution < 1.29 is 4.79 Å². The SMILES string of the molecule is O=CC1(N2CCN(CCc3cccc(Cl)c3)CC2)CC1. The quantitative estimate of drug-likeness (QED) is 0.778. The van der Waals surface area contributed by atoms with E-state index in [4.69, 9.17) is 11.6 Å². The zero-order valence-electron chi connectivity index (χ0n) is 11.7. The van der Waals surface area contributed by atoms with E-state index in [0.717, 1.165) is 63.3 Å². The van der Waals surface area contributed by atoms with Gasteiger partial charge in [0, 0.05) is 37.7 Å². The van der Waals surface area contributed by atoms with Gasteiger partial charge in [-0.3, -0.25) is 4.90 Å². The first-order valence-electron chi connectivity index (χ1n) is 7.40. The molecule has 1 saturated carbocycles. The minimum atomic E-state index is -0.0843. The second kappa shape index (κ2) is 5.84. The summed E-state index contributed by atoms with van der Waals surface area (Å²) in [6.45, 7) is 5.25. The summed E-state index contributed by atoms with van der Waals surface area (Å²) in [6.07, 6.45) is 4.31. The number of piperazine rings is 1. The second-order valence-electron chi connectivity index (χ2n) is 5.93. The molecule has 1 aromatic rings. The maximum atomic E-state index is 11.1. The molecule has 0 spiro atoms. The van der Waals surface area contributed by atoms with Crippen LogP contribution < -0.4 is 0 Å². The average molecular weight is 293 g/mol. The molecule has 1 aliphatic heterocycles. The molecule has 1 aliphatic carbocycles. The van der Waals surface area contributed by atoms with E-state index >= 15 is 0 Å². The molecule has 1 aromatic carbocycles. The fraction of sp³-hybridized carbons (Fsp3) is 0.562. The first kappa shape index (κ1) is 14.1. The molecule has 1 saturated heterocycles. The van der Waals surface area contributed by atoms with Crippen molar-refractivity contribution in [3.63, 3.8) is 0 Å². The molecule has 2 aliphatic rings. The summed E-state index contributed by atoms with van der Waals surface area (Å²) in [7, 11) is 0. The standard InChI is InChI=1S/C16H21ClN2O/c17-15-3-1-2-14(12-15)4-7-18-8-10-19(11-9-18)16(13-20)5-6-16/h1-3,12-13H,4-11H2. The molecule has 0 bridgehead atoms. The Morgan fingerprint density at radius 2 is 1.95 bits per heavy atom. The zero-order valence-corrected chi connectivity index (χ0v) is 12.5. The van der Waals surface area contributed by atoms with E-state index < -0.39 is 0 Å². The van der Waals surface area contributed by atoms with Gasteiger partial charge in [0.1, 0.15) is 6.29 Å². The Balaban J connectivity index is 1.46. The van der Waals surface area contributed by atoms with Crippen LogP contribution >= 0.6 is 11.6 Å². The molecule has 0 N–H and O–H groups in total. The van der Waals surface area contributed by atoms with Crippen molar-refractivity contribution in [2.24, 2.45) is 0 Å².